The highest BCUT2D eigenvalue weighted by Crippen LogP contribution is 2.42. The van der Waals surface area contributed by atoms with Gasteiger partial charge in [-0.25, -0.2) is 39.5 Å². The Labute approximate surface area is 301 Å². The standard InChI is InChI=1S/C38H48BF9NO3/c1-5-9-10-11-12-13-14-15-16-17-18-19-32(49(6-2,7-3)8-4)34-33(24-31(44)37(47)38(34)48)52-39(50-25-20-27(40)35(45)28(41)21-25)51-26-22-29(42)36(46)30(43)23-26/h20-24,32H,5-19H2,1-4H3/q+1. The van der Waals surface area contributed by atoms with Crippen molar-refractivity contribution in [2.24, 2.45) is 0 Å². The van der Waals surface area contributed by atoms with Gasteiger partial charge in [0.25, 0.3) is 0 Å². The number of hydrogen-bond donors (Lipinski definition) is 0. The third kappa shape index (κ3) is 11.2. The molecular weight excluding hydrogens is 700 g/mol. The Morgan fingerprint density at radius 2 is 0.865 bits per heavy atom. The van der Waals surface area contributed by atoms with E-state index in [1.165, 1.54) is 32.1 Å². The first-order valence-electron chi connectivity index (χ1n) is 18.1. The van der Waals surface area contributed by atoms with Crippen LogP contribution in [0.5, 0.6) is 17.2 Å². The number of hydrogen-bond acceptors (Lipinski definition) is 3. The zero-order chi connectivity index (χ0) is 38.4. The summed E-state index contributed by atoms with van der Waals surface area (Å²) in [6.45, 7) is 9.20. The highest BCUT2D eigenvalue weighted by molar-refractivity contribution is 6.39. The molecular formula is C38H48BF9NO3+. The van der Waals surface area contributed by atoms with Gasteiger partial charge in [-0.05, 0) is 27.2 Å². The highest BCUT2D eigenvalue weighted by atomic mass is 19.2. The van der Waals surface area contributed by atoms with E-state index >= 15 is 8.78 Å². The molecule has 288 valence electrons. The van der Waals surface area contributed by atoms with Crippen LogP contribution in [0.25, 0.3) is 0 Å². The normalized spacial score (nSPS) is 12.2. The Balaban J connectivity index is 1.99. The second-order valence-corrected chi connectivity index (χ2v) is 12.9. The third-order valence-electron chi connectivity index (χ3n) is 9.73. The summed E-state index contributed by atoms with van der Waals surface area (Å²) in [5.41, 5.74) is -0.373. The van der Waals surface area contributed by atoms with Crippen LogP contribution >= 0.6 is 0 Å². The summed E-state index contributed by atoms with van der Waals surface area (Å²) in [6, 6.07) is 1.36. The topological polar surface area (TPSA) is 27.7 Å². The molecule has 1 unspecified atom stereocenters. The number of halogens is 9. The first-order chi connectivity index (χ1) is 24.8. The van der Waals surface area contributed by atoms with Crippen LogP contribution in [0.15, 0.2) is 30.3 Å². The molecule has 0 saturated heterocycles. The van der Waals surface area contributed by atoms with Crippen molar-refractivity contribution in [1.29, 1.82) is 0 Å². The molecule has 52 heavy (non-hydrogen) atoms. The van der Waals surface area contributed by atoms with Gasteiger partial charge in [0.05, 0.1) is 25.2 Å². The average molecular weight is 749 g/mol. The predicted octanol–water partition coefficient (Wildman–Crippen LogP) is 12.1. The molecule has 0 bridgehead atoms. The number of rotatable bonds is 23. The van der Waals surface area contributed by atoms with Crippen molar-refractivity contribution in [2.45, 2.75) is 111 Å². The zero-order valence-electron chi connectivity index (χ0n) is 30.2. The van der Waals surface area contributed by atoms with E-state index in [9.17, 15) is 30.7 Å². The molecule has 3 aromatic rings. The van der Waals surface area contributed by atoms with Gasteiger partial charge in [-0.3, -0.25) is 0 Å². The van der Waals surface area contributed by atoms with Gasteiger partial charge in [0.2, 0.25) is 0 Å². The smallest absolute Gasteiger partial charge is 0.489 e. The fraction of sp³-hybridized carbons (Fsp3) is 0.526. The molecule has 14 heteroatoms. The Morgan fingerprint density at radius 3 is 1.27 bits per heavy atom. The lowest BCUT2D eigenvalue weighted by molar-refractivity contribution is -0.953. The molecule has 0 amide bonds. The van der Waals surface area contributed by atoms with Gasteiger partial charge in [-0.1, -0.05) is 71.1 Å². The molecule has 0 N–H and O–H groups in total. The third-order valence-corrected chi connectivity index (χ3v) is 9.73. The van der Waals surface area contributed by atoms with Crippen LogP contribution in [0.3, 0.4) is 0 Å². The fourth-order valence-electron chi connectivity index (χ4n) is 6.62. The van der Waals surface area contributed by atoms with Crippen molar-refractivity contribution in [3.8, 4) is 17.2 Å². The molecule has 0 spiro atoms. The molecule has 0 aliphatic carbocycles. The maximum atomic E-state index is 16.1. The summed E-state index contributed by atoms with van der Waals surface area (Å²) in [7, 11) is -2.33. The molecule has 0 aliphatic rings. The number of unbranched alkanes of at least 4 members (excludes halogenated alkanes) is 10. The van der Waals surface area contributed by atoms with Crippen LogP contribution in [0.2, 0.25) is 0 Å². The van der Waals surface area contributed by atoms with Gasteiger partial charge in [0.1, 0.15) is 23.3 Å². The quantitative estimate of drug-likeness (QED) is 0.0318. The fourth-order valence-corrected chi connectivity index (χ4v) is 6.62. The Hall–Kier alpha value is -3.55. The Kier molecular flexibility index (Phi) is 17.0. The summed E-state index contributed by atoms with van der Waals surface area (Å²) in [4.78, 5) is 0. The van der Waals surface area contributed by atoms with Crippen LogP contribution < -0.4 is 14.0 Å². The maximum Gasteiger partial charge on any atom is 0.864 e. The predicted molar refractivity (Wildman–Crippen MR) is 182 cm³/mol. The molecule has 0 aromatic heterocycles. The second kappa shape index (κ2) is 20.6. The van der Waals surface area contributed by atoms with E-state index in [1.807, 2.05) is 20.8 Å². The summed E-state index contributed by atoms with van der Waals surface area (Å²) < 4.78 is 146. The molecule has 0 heterocycles. The summed E-state index contributed by atoms with van der Waals surface area (Å²) in [5, 5.41) is 0. The van der Waals surface area contributed by atoms with E-state index in [4.69, 9.17) is 14.0 Å². The Bertz CT molecular complexity index is 1480. The number of benzene rings is 3. The van der Waals surface area contributed by atoms with Gasteiger partial charge in [0.15, 0.2) is 52.4 Å². The van der Waals surface area contributed by atoms with Gasteiger partial charge in [-0.2, -0.15) is 0 Å². The van der Waals surface area contributed by atoms with E-state index < -0.39 is 83.0 Å². The molecule has 1 atom stereocenters. The molecule has 3 rings (SSSR count). The van der Waals surface area contributed by atoms with Crippen LogP contribution in [0.1, 0.15) is 116 Å². The van der Waals surface area contributed by atoms with Gasteiger partial charge < -0.3 is 18.4 Å². The van der Waals surface area contributed by atoms with Crippen molar-refractivity contribution in [1.82, 2.24) is 0 Å². The minimum atomic E-state index is -2.33. The second-order valence-electron chi connectivity index (χ2n) is 12.9. The van der Waals surface area contributed by atoms with Crippen molar-refractivity contribution in [3.63, 3.8) is 0 Å². The number of nitrogens with zero attached hydrogens (tertiary/aromatic N) is 1. The summed E-state index contributed by atoms with van der Waals surface area (Å²) >= 11 is 0. The van der Waals surface area contributed by atoms with Gasteiger partial charge >= 0.3 is 7.32 Å². The molecule has 0 fully saturated rings. The van der Waals surface area contributed by atoms with Crippen LogP contribution in [-0.4, -0.2) is 31.4 Å². The first-order valence-corrected chi connectivity index (χ1v) is 18.1. The SMILES string of the molecule is CCCCCCCCCCCCCC(c1c(OB(Oc2cc(F)c(F)c(F)c2)Oc2cc(F)c(F)c(F)c2)cc(F)c(F)c1F)[N+](CC)(CC)CC. The average Bonchev–Trinajstić information content (AvgIpc) is 3.11. The zero-order valence-corrected chi connectivity index (χ0v) is 30.2. The minimum absolute atomic E-state index is 0.227. The van der Waals surface area contributed by atoms with Gasteiger partial charge in [0, 0.05) is 36.8 Å². The highest BCUT2D eigenvalue weighted by Gasteiger charge is 2.42. The van der Waals surface area contributed by atoms with Crippen molar-refractivity contribution >= 4 is 7.32 Å². The summed E-state index contributed by atoms with van der Waals surface area (Å²) in [6.07, 6.45) is 12.0. The largest absolute Gasteiger partial charge is 0.864 e. The van der Waals surface area contributed by atoms with E-state index in [0.717, 1.165) is 32.1 Å². The lowest BCUT2D eigenvalue weighted by Crippen LogP contribution is -2.51. The Morgan fingerprint density at radius 1 is 0.481 bits per heavy atom. The number of quaternary nitrogens is 1. The molecule has 0 aliphatic heterocycles. The monoisotopic (exact) mass is 748 g/mol. The van der Waals surface area contributed by atoms with Crippen molar-refractivity contribution in [3.05, 3.63) is 88.3 Å². The lowest BCUT2D eigenvalue weighted by atomic mass is 9.93. The molecule has 3 aromatic carbocycles. The van der Waals surface area contributed by atoms with Crippen molar-refractivity contribution < 1.29 is 58.0 Å². The van der Waals surface area contributed by atoms with Crippen LogP contribution in [-0.2, 0) is 0 Å². The van der Waals surface area contributed by atoms with Crippen LogP contribution in [0, 0.1) is 52.4 Å². The molecule has 0 saturated carbocycles. The lowest BCUT2D eigenvalue weighted by Gasteiger charge is -2.44. The maximum absolute atomic E-state index is 16.1. The van der Waals surface area contributed by atoms with E-state index in [2.05, 4.69) is 6.92 Å². The van der Waals surface area contributed by atoms with Crippen molar-refractivity contribution in [2.75, 3.05) is 19.6 Å². The van der Waals surface area contributed by atoms with E-state index in [0.29, 0.717) is 62.8 Å². The van der Waals surface area contributed by atoms with Crippen LogP contribution in [0.4, 0.5) is 39.5 Å². The van der Waals surface area contributed by atoms with Gasteiger partial charge in [-0.15, -0.1) is 0 Å². The first kappa shape index (κ1) is 42.9. The minimum Gasteiger partial charge on any atom is -0.489 e. The van der Waals surface area contributed by atoms with E-state index in [-0.39, 0.29) is 10.0 Å². The van der Waals surface area contributed by atoms with E-state index in [1.54, 1.807) is 0 Å². The summed E-state index contributed by atoms with van der Waals surface area (Å²) in [5.74, 6) is -17.5. The molecule has 0 radical (unpaired) electrons. The molecule has 4 nitrogen and oxygen atoms in total.